The monoisotopic (exact) mass is 850 g/mol. The first kappa shape index (κ1) is 44.0. The minimum atomic E-state index is -3.74. The zero-order chi connectivity index (χ0) is 42.4. The van der Waals surface area contributed by atoms with E-state index < -0.39 is 33.2 Å². The molecule has 7 rings (SSSR count). The van der Waals surface area contributed by atoms with Crippen LogP contribution in [-0.4, -0.2) is 137 Å². The fourth-order valence-electron chi connectivity index (χ4n) is 10.7. The van der Waals surface area contributed by atoms with Gasteiger partial charge in [-0.2, -0.15) is 0 Å². The lowest BCUT2D eigenvalue weighted by Gasteiger charge is -2.51. The van der Waals surface area contributed by atoms with Crippen LogP contribution in [-0.2, 0) is 36.2 Å². The van der Waals surface area contributed by atoms with Crippen molar-refractivity contribution < 1.29 is 37.0 Å². The molecule has 5 fully saturated rings. The number of anilines is 1. The first-order valence-electron chi connectivity index (χ1n) is 21.9. The Kier molecular flexibility index (Phi) is 14.2. The lowest BCUT2D eigenvalue weighted by atomic mass is 9.58. The summed E-state index contributed by atoms with van der Waals surface area (Å²) < 4.78 is 47.3. The Morgan fingerprint density at radius 3 is 2.37 bits per heavy atom. The molecule has 4 aliphatic heterocycles. The summed E-state index contributed by atoms with van der Waals surface area (Å²) in [7, 11) is -2.39. The lowest BCUT2D eigenvalue weighted by molar-refractivity contribution is -0.129. The maximum absolute atomic E-state index is 14.9. The molecule has 0 unspecified atom stereocenters. The fraction of sp³-hybridized carbons (Fsp3) is 0.622. The highest BCUT2D eigenvalue weighted by atomic mass is 32.2. The molecule has 3 amide bonds. The third-order valence-electron chi connectivity index (χ3n) is 14.0. The van der Waals surface area contributed by atoms with Crippen molar-refractivity contribution in [1.82, 2.24) is 25.3 Å². The van der Waals surface area contributed by atoms with Crippen LogP contribution in [0, 0.1) is 23.6 Å². The first-order chi connectivity index (χ1) is 28.9. The van der Waals surface area contributed by atoms with Gasteiger partial charge in [-0.15, -0.1) is 0 Å². The summed E-state index contributed by atoms with van der Waals surface area (Å²) in [4.78, 5) is 46.3. The van der Waals surface area contributed by atoms with E-state index in [0.29, 0.717) is 18.0 Å². The van der Waals surface area contributed by atoms with E-state index in [0.717, 1.165) is 95.7 Å². The van der Waals surface area contributed by atoms with Crippen molar-refractivity contribution in [2.45, 2.75) is 86.5 Å². The number of sulfone groups is 1. The number of carbonyl (C=O) groups excluding carboxylic acids is 3. The summed E-state index contributed by atoms with van der Waals surface area (Å²) in [6.45, 7) is 8.76. The lowest BCUT2D eigenvalue weighted by Crippen LogP contribution is -2.58. The van der Waals surface area contributed by atoms with E-state index in [2.05, 4.69) is 25.3 Å². The highest BCUT2D eigenvalue weighted by Crippen LogP contribution is 2.50. The number of piperidine rings is 2. The summed E-state index contributed by atoms with van der Waals surface area (Å²) in [5.74, 6) is -0.128. The van der Waals surface area contributed by atoms with Crippen LogP contribution in [0.25, 0.3) is 0 Å². The summed E-state index contributed by atoms with van der Waals surface area (Å²) in [5.41, 5.74) is 1.50. The van der Waals surface area contributed by atoms with Crippen molar-refractivity contribution in [3.63, 3.8) is 0 Å². The molecular formula is C45H63FN6O7S. The topological polar surface area (TPSA) is 152 Å². The Bertz CT molecular complexity index is 1970. The van der Waals surface area contributed by atoms with Crippen LogP contribution in [0.4, 0.5) is 14.9 Å². The molecule has 3 N–H and O–H groups in total. The van der Waals surface area contributed by atoms with Gasteiger partial charge >= 0.3 is 6.09 Å². The molecule has 2 aromatic rings. The number of amides is 3. The molecule has 328 valence electrons. The summed E-state index contributed by atoms with van der Waals surface area (Å²) in [5, 5.41) is 15.8. The number of nitrogens with one attached hydrogen (secondary N) is 2. The van der Waals surface area contributed by atoms with Crippen LogP contribution in [0.2, 0.25) is 0 Å². The highest BCUT2D eigenvalue weighted by Gasteiger charge is 2.52. The number of likely N-dealkylation sites (tertiary alicyclic amines) is 3. The number of halogens is 1. The van der Waals surface area contributed by atoms with Crippen molar-refractivity contribution >= 4 is 33.4 Å². The Hall–Kier alpha value is -4.05. The van der Waals surface area contributed by atoms with Gasteiger partial charge in [0.15, 0.2) is 9.84 Å². The predicted molar refractivity (Wildman–Crippen MR) is 228 cm³/mol. The van der Waals surface area contributed by atoms with E-state index >= 15 is 0 Å². The second-order valence-corrected chi connectivity index (χ2v) is 19.9. The molecule has 1 saturated carbocycles. The van der Waals surface area contributed by atoms with Crippen LogP contribution < -0.4 is 15.5 Å². The molecule has 0 spiro atoms. The summed E-state index contributed by atoms with van der Waals surface area (Å²) >= 11 is 0. The molecule has 13 nitrogen and oxygen atoms in total. The Morgan fingerprint density at radius 2 is 1.68 bits per heavy atom. The molecule has 0 radical (unpaired) electrons. The molecule has 5 aliphatic rings. The number of nitrogens with zero attached hydrogens (tertiary/aromatic N) is 4. The van der Waals surface area contributed by atoms with E-state index in [1.54, 1.807) is 35.2 Å². The van der Waals surface area contributed by atoms with Gasteiger partial charge in [0.05, 0.1) is 18.6 Å². The maximum Gasteiger partial charge on any atom is 0.407 e. The predicted octanol–water partition coefficient (Wildman–Crippen LogP) is 4.09. The number of carbonyl (C=O) groups is 3. The van der Waals surface area contributed by atoms with Gasteiger partial charge in [-0.1, -0.05) is 31.1 Å². The van der Waals surface area contributed by atoms with E-state index in [1.165, 1.54) is 39.4 Å². The zero-order valence-corrected chi connectivity index (χ0v) is 36.0. The number of benzene rings is 2. The SMILES string of the molecule is COC(=O)N[C@H]1CCC[C@@H]1[C@](CNC(C)=O)(c1cccc(F)c1)C1CCN(CC2CN(c3ccc(S(=O)(=O)C4CN(C(=O)/C=C/CN5CCCCC5)C4)c(CO)c3)C2)CC1. The van der Waals surface area contributed by atoms with Crippen molar-refractivity contribution in [3.8, 4) is 0 Å². The van der Waals surface area contributed by atoms with E-state index in [9.17, 15) is 32.3 Å². The average molecular weight is 851 g/mol. The van der Waals surface area contributed by atoms with Crippen molar-refractivity contribution in [3.05, 3.63) is 71.6 Å². The summed E-state index contributed by atoms with van der Waals surface area (Å²) in [6, 6.07) is 11.8. The number of alkyl carbamates (subject to hydrolysis) is 1. The van der Waals surface area contributed by atoms with Gasteiger partial charge in [0.1, 0.15) is 11.1 Å². The molecule has 15 heteroatoms. The van der Waals surface area contributed by atoms with E-state index in [-0.39, 0.29) is 53.5 Å². The quantitative estimate of drug-likeness (QED) is 0.224. The smallest absolute Gasteiger partial charge is 0.407 e. The number of hydrogen-bond acceptors (Lipinski definition) is 10. The van der Waals surface area contributed by atoms with Crippen molar-refractivity contribution in [1.29, 1.82) is 0 Å². The van der Waals surface area contributed by atoms with Crippen LogP contribution in [0.15, 0.2) is 59.5 Å². The Morgan fingerprint density at radius 1 is 0.933 bits per heavy atom. The van der Waals surface area contributed by atoms with Crippen LogP contribution in [0.1, 0.15) is 69.4 Å². The number of aliphatic hydroxyl groups excluding tert-OH is 1. The molecule has 4 heterocycles. The third kappa shape index (κ3) is 9.69. The number of aliphatic hydroxyl groups is 1. The molecule has 2 aromatic carbocycles. The van der Waals surface area contributed by atoms with Crippen molar-refractivity contribution in [2.24, 2.45) is 17.8 Å². The van der Waals surface area contributed by atoms with Crippen LogP contribution in [0.3, 0.4) is 0 Å². The molecule has 0 bridgehead atoms. The third-order valence-corrected chi connectivity index (χ3v) is 16.2. The minimum absolute atomic E-state index is 0.0266. The summed E-state index contributed by atoms with van der Waals surface area (Å²) in [6.07, 6.45) is 10.8. The van der Waals surface area contributed by atoms with Gasteiger partial charge in [0, 0.05) is 81.9 Å². The van der Waals surface area contributed by atoms with Gasteiger partial charge in [-0.25, -0.2) is 17.6 Å². The molecule has 3 atom stereocenters. The van der Waals surface area contributed by atoms with Gasteiger partial charge < -0.3 is 35.2 Å². The second-order valence-electron chi connectivity index (χ2n) is 17.7. The van der Waals surface area contributed by atoms with Crippen molar-refractivity contribution in [2.75, 3.05) is 84.0 Å². The normalized spacial score (nSPS) is 23.5. The van der Waals surface area contributed by atoms with E-state index in [1.807, 2.05) is 18.2 Å². The number of ether oxygens (including phenoxy) is 1. The molecule has 1 aliphatic carbocycles. The van der Waals surface area contributed by atoms with Gasteiger partial charge in [0.2, 0.25) is 11.8 Å². The first-order valence-corrected chi connectivity index (χ1v) is 23.4. The molecule has 0 aromatic heterocycles. The molecule has 4 saturated heterocycles. The Labute approximate surface area is 354 Å². The van der Waals surface area contributed by atoms with Crippen LogP contribution >= 0.6 is 0 Å². The average Bonchev–Trinajstić information content (AvgIpc) is 3.67. The number of rotatable bonds is 15. The Balaban J connectivity index is 0.944. The van der Waals surface area contributed by atoms with Crippen LogP contribution in [0.5, 0.6) is 0 Å². The fourth-order valence-corrected chi connectivity index (χ4v) is 12.6. The van der Waals surface area contributed by atoms with Gasteiger partial charge in [-0.05, 0) is 118 Å². The number of methoxy groups -OCH3 is 1. The second kappa shape index (κ2) is 19.3. The zero-order valence-electron chi connectivity index (χ0n) is 35.2. The van der Waals surface area contributed by atoms with E-state index in [4.69, 9.17) is 4.74 Å². The largest absolute Gasteiger partial charge is 0.453 e. The standard InChI is InChI=1S/C45H63FN6O7S/c1-32(54)47-31-45(36-9-6-10-37(46)24-36,40-11-7-12-41(40)48-44(56)59-2)35-16-21-50(22-17-35)25-33-26-51(27-33)38-14-15-42(34(23-38)30-53)60(57,58)39-28-52(29-39)43(55)13-8-20-49-18-4-3-5-19-49/h6,8-10,13-15,23-24,33,35,39-41,53H,3-5,7,11-12,16-22,25-31H2,1-2H3,(H,47,54)(H,48,56)/b13-8+/t40-,41-,45-/m0/s1. The molecular weight excluding hydrogens is 788 g/mol. The number of hydrogen-bond donors (Lipinski definition) is 3. The van der Waals surface area contributed by atoms with Gasteiger partial charge in [-0.3, -0.25) is 14.5 Å². The molecule has 60 heavy (non-hydrogen) atoms. The highest BCUT2D eigenvalue weighted by molar-refractivity contribution is 7.92. The maximum atomic E-state index is 14.9. The minimum Gasteiger partial charge on any atom is -0.453 e. The van der Waals surface area contributed by atoms with Gasteiger partial charge in [0.25, 0.3) is 0 Å².